The van der Waals surface area contributed by atoms with Gasteiger partial charge in [-0.05, 0) is 25.0 Å². The van der Waals surface area contributed by atoms with Crippen LogP contribution in [0.1, 0.15) is 37.0 Å². The minimum absolute atomic E-state index is 0.0782. The van der Waals surface area contributed by atoms with Crippen molar-refractivity contribution < 1.29 is 18.7 Å². The zero-order chi connectivity index (χ0) is 15.3. The standard InChI is InChI=1S/C14H18ClF2NO2/c1-3-9(4-2)18(5-6-19)14(20)10-7-13(17)11(15)8-12(10)16/h7-9,19H,3-6H2,1-2H3. The van der Waals surface area contributed by atoms with Crippen LogP contribution < -0.4 is 0 Å². The molecule has 0 aliphatic rings. The largest absolute Gasteiger partial charge is 0.395 e. The monoisotopic (exact) mass is 305 g/mol. The molecular formula is C14H18ClF2NO2. The minimum Gasteiger partial charge on any atom is -0.395 e. The van der Waals surface area contributed by atoms with Crippen LogP contribution in [0.5, 0.6) is 0 Å². The van der Waals surface area contributed by atoms with Crippen molar-refractivity contribution >= 4 is 17.5 Å². The first-order chi connectivity index (χ1) is 9.46. The maximum absolute atomic E-state index is 13.8. The van der Waals surface area contributed by atoms with Crippen LogP contribution in [0.3, 0.4) is 0 Å². The van der Waals surface area contributed by atoms with E-state index in [1.807, 2.05) is 13.8 Å². The molecule has 1 amide bonds. The van der Waals surface area contributed by atoms with Gasteiger partial charge in [-0.15, -0.1) is 0 Å². The van der Waals surface area contributed by atoms with Gasteiger partial charge in [0.05, 0.1) is 17.2 Å². The molecule has 0 aliphatic heterocycles. The summed E-state index contributed by atoms with van der Waals surface area (Å²) >= 11 is 5.47. The molecule has 112 valence electrons. The number of amides is 1. The highest BCUT2D eigenvalue weighted by atomic mass is 35.5. The minimum atomic E-state index is -0.865. The van der Waals surface area contributed by atoms with Crippen molar-refractivity contribution in [1.29, 1.82) is 0 Å². The van der Waals surface area contributed by atoms with Gasteiger partial charge in [-0.1, -0.05) is 25.4 Å². The smallest absolute Gasteiger partial charge is 0.257 e. The summed E-state index contributed by atoms with van der Waals surface area (Å²) in [4.78, 5) is 13.7. The van der Waals surface area contributed by atoms with Crippen LogP contribution in [0.2, 0.25) is 5.02 Å². The molecule has 1 rings (SSSR count). The van der Waals surface area contributed by atoms with E-state index in [0.29, 0.717) is 12.8 Å². The molecule has 0 radical (unpaired) electrons. The summed E-state index contributed by atoms with van der Waals surface area (Å²) in [5.74, 6) is -2.35. The van der Waals surface area contributed by atoms with Crippen LogP contribution in [0, 0.1) is 11.6 Å². The number of aliphatic hydroxyl groups is 1. The number of rotatable bonds is 6. The van der Waals surface area contributed by atoms with E-state index >= 15 is 0 Å². The van der Waals surface area contributed by atoms with Gasteiger partial charge < -0.3 is 10.0 Å². The summed E-state index contributed by atoms with van der Waals surface area (Å²) in [7, 11) is 0. The maximum atomic E-state index is 13.8. The molecule has 0 heterocycles. The Morgan fingerprint density at radius 1 is 1.30 bits per heavy atom. The van der Waals surface area contributed by atoms with Gasteiger partial charge in [0.15, 0.2) is 0 Å². The molecule has 0 fully saturated rings. The molecule has 0 unspecified atom stereocenters. The number of halogens is 3. The molecular weight excluding hydrogens is 288 g/mol. The second kappa shape index (κ2) is 7.55. The first-order valence-electron chi connectivity index (χ1n) is 6.52. The van der Waals surface area contributed by atoms with E-state index < -0.39 is 17.5 Å². The third-order valence-electron chi connectivity index (χ3n) is 3.23. The summed E-state index contributed by atoms with van der Waals surface area (Å²) in [6, 6.07) is 1.45. The Kier molecular flexibility index (Phi) is 6.36. The van der Waals surface area contributed by atoms with Gasteiger partial charge >= 0.3 is 0 Å². The lowest BCUT2D eigenvalue weighted by atomic mass is 10.1. The van der Waals surface area contributed by atoms with E-state index in [0.717, 1.165) is 12.1 Å². The van der Waals surface area contributed by atoms with Crippen LogP contribution in [0.15, 0.2) is 12.1 Å². The number of aliphatic hydroxyl groups excluding tert-OH is 1. The highest BCUT2D eigenvalue weighted by Crippen LogP contribution is 2.22. The quantitative estimate of drug-likeness (QED) is 0.820. The van der Waals surface area contributed by atoms with Crippen molar-refractivity contribution in [3.8, 4) is 0 Å². The maximum Gasteiger partial charge on any atom is 0.257 e. The van der Waals surface area contributed by atoms with E-state index in [4.69, 9.17) is 16.7 Å². The number of benzene rings is 1. The molecule has 0 spiro atoms. The molecule has 3 nitrogen and oxygen atoms in total. The van der Waals surface area contributed by atoms with Gasteiger partial charge in [0.25, 0.3) is 5.91 Å². The Bertz CT molecular complexity index is 478. The van der Waals surface area contributed by atoms with Crippen molar-refractivity contribution in [2.24, 2.45) is 0 Å². The molecule has 1 N–H and O–H groups in total. The zero-order valence-corrected chi connectivity index (χ0v) is 12.3. The van der Waals surface area contributed by atoms with E-state index in [1.54, 1.807) is 0 Å². The Morgan fingerprint density at radius 3 is 2.40 bits per heavy atom. The predicted molar refractivity (Wildman–Crippen MR) is 73.9 cm³/mol. The van der Waals surface area contributed by atoms with E-state index in [-0.39, 0.29) is 29.8 Å². The number of carbonyl (C=O) groups excluding carboxylic acids is 1. The second-order valence-electron chi connectivity index (χ2n) is 4.44. The first kappa shape index (κ1) is 16.9. The van der Waals surface area contributed by atoms with Crippen molar-refractivity contribution in [3.63, 3.8) is 0 Å². The van der Waals surface area contributed by atoms with Crippen molar-refractivity contribution in [2.75, 3.05) is 13.2 Å². The average molecular weight is 306 g/mol. The number of hydrogen-bond acceptors (Lipinski definition) is 2. The first-order valence-corrected chi connectivity index (χ1v) is 6.90. The summed E-state index contributed by atoms with van der Waals surface area (Å²) < 4.78 is 27.2. The van der Waals surface area contributed by atoms with Crippen LogP contribution >= 0.6 is 11.6 Å². The summed E-state index contributed by atoms with van der Waals surface area (Å²) in [6.07, 6.45) is 1.33. The molecule has 0 saturated heterocycles. The van der Waals surface area contributed by atoms with Gasteiger partial charge in [-0.3, -0.25) is 4.79 Å². The van der Waals surface area contributed by atoms with Crippen LogP contribution in [0.4, 0.5) is 8.78 Å². The fourth-order valence-electron chi connectivity index (χ4n) is 2.13. The lowest BCUT2D eigenvalue weighted by molar-refractivity contribution is 0.0617. The summed E-state index contributed by atoms with van der Waals surface area (Å²) in [6.45, 7) is 3.63. The lowest BCUT2D eigenvalue weighted by Gasteiger charge is -2.30. The Labute approximate surface area is 122 Å². The van der Waals surface area contributed by atoms with Gasteiger partial charge in [-0.2, -0.15) is 0 Å². The van der Waals surface area contributed by atoms with E-state index in [9.17, 15) is 13.6 Å². The highest BCUT2D eigenvalue weighted by Gasteiger charge is 2.25. The second-order valence-corrected chi connectivity index (χ2v) is 4.85. The van der Waals surface area contributed by atoms with Crippen molar-refractivity contribution in [2.45, 2.75) is 32.7 Å². The van der Waals surface area contributed by atoms with Gasteiger partial charge in [0.1, 0.15) is 11.6 Å². The van der Waals surface area contributed by atoms with Gasteiger partial charge in [0.2, 0.25) is 0 Å². The van der Waals surface area contributed by atoms with Gasteiger partial charge in [0, 0.05) is 12.6 Å². The van der Waals surface area contributed by atoms with Crippen molar-refractivity contribution in [1.82, 2.24) is 4.90 Å². The molecule has 0 aromatic heterocycles. The Morgan fingerprint density at radius 2 is 1.90 bits per heavy atom. The SMILES string of the molecule is CCC(CC)N(CCO)C(=O)c1cc(F)c(Cl)cc1F. The Hall–Kier alpha value is -1.20. The highest BCUT2D eigenvalue weighted by molar-refractivity contribution is 6.30. The van der Waals surface area contributed by atoms with Crippen LogP contribution in [0.25, 0.3) is 0 Å². The Balaban J connectivity index is 3.15. The molecule has 0 aliphatic carbocycles. The van der Waals surface area contributed by atoms with E-state index in [2.05, 4.69) is 0 Å². The number of nitrogens with zero attached hydrogens (tertiary/aromatic N) is 1. The zero-order valence-electron chi connectivity index (χ0n) is 11.5. The number of hydrogen-bond donors (Lipinski definition) is 1. The third kappa shape index (κ3) is 3.67. The summed E-state index contributed by atoms with van der Waals surface area (Å²) in [5.41, 5.74) is -0.368. The topological polar surface area (TPSA) is 40.5 Å². The summed E-state index contributed by atoms with van der Waals surface area (Å²) in [5, 5.41) is 8.69. The number of carbonyl (C=O) groups is 1. The fourth-order valence-corrected chi connectivity index (χ4v) is 2.28. The third-order valence-corrected chi connectivity index (χ3v) is 3.52. The molecule has 0 atom stereocenters. The van der Waals surface area contributed by atoms with Gasteiger partial charge in [-0.25, -0.2) is 8.78 Å². The molecule has 0 saturated carbocycles. The van der Waals surface area contributed by atoms with E-state index in [1.165, 1.54) is 4.90 Å². The molecule has 1 aromatic carbocycles. The normalized spacial score (nSPS) is 10.9. The molecule has 20 heavy (non-hydrogen) atoms. The van der Waals surface area contributed by atoms with Crippen LogP contribution in [-0.4, -0.2) is 35.1 Å². The lowest BCUT2D eigenvalue weighted by Crippen LogP contribution is -2.42. The van der Waals surface area contributed by atoms with Crippen molar-refractivity contribution in [3.05, 3.63) is 34.4 Å². The molecule has 1 aromatic rings. The average Bonchev–Trinajstić information content (AvgIpc) is 2.42. The van der Waals surface area contributed by atoms with Crippen LogP contribution in [-0.2, 0) is 0 Å². The fraction of sp³-hybridized carbons (Fsp3) is 0.500. The molecule has 6 heteroatoms. The predicted octanol–water partition coefficient (Wildman–Crippen LogP) is 3.24. The molecule has 0 bridgehead atoms.